The van der Waals surface area contributed by atoms with Crippen LogP contribution in [0.2, 0.25) is 0 Å². The zero-order valence-corrected chi connectivity index (χ0v) is 15.2. The third kappa shape index (κ3) is 3.22. The van der Waals surface area contributed by atoms with Gasteiger partial charge in [-0.3, -0.25) is 4.79 Å². The molecule has 1 saturated carbocycles. The van der Waals surface area contributed by atoms with Crippen LogP contribution in [-0.2, 0) is 6.54 Å². The van der Waals surface area contributed by atoms with Crippen LogP contribution in [0.4, 0.5) is 0 Å². The van der Waals surface area contributed by atoms with Crippen molar-refractivity contribution in [2.45, 2.75) is 17.9 Å². The Bertz CT molecular complexity index is 942. The molecule has 1 N–H and O–H groups in total. The lowest BCUT2D eigenvalue weighted by atomic mass is 10.2. The molecule has 0 spiro atoms. The molecule has 2 fully saturated rings. The van der Waals surface area contributed by atoms with Gasteiger partial charge in [-0.05, 0) is 60.0 Å². The molecule has 1 aliphatic carbocycles. The molecule has 1 aliphatic heterocycles. The summed E-state index contributed by atoms with van der Waals surface area (Å²) in [4.78, 5) is 17.8. The van der Waals surface area contributed by atoms with Crippen LogP contribution in [0.1, 0.15) is 22.3 Å². The molecule has 5 nitrogen and oxygen atoms in total. The van der Waals surface area contributed by atoms with E-state index >= 15 is 0 Å². The van der Waals surface area contributed by atoms with Crippen LogP contribution in [0, 0.1) is 11.8 Å². The summed E-state index contributed by atoms with van der Waals surface area (Å²) in [5, 5.41) is 2.99. The lowest BCUT2D eigenvalue weighted by Gasteiger charge is -2.16. The summed E-state index contributed by atoms with van der Waals surface area (Å²) in [6, 6.07) is 12.1. The number of hydrogen-bond donors (Lipinski definition) is 1. The van der Waals surface area contributed by atoms with Gasteiger partial charge < -0.3 is 9.72 Å². The van der Waals surface area contributed by atoms with Crippen molar-refractivity contribution in [2.75, 3.05) is 13.1 Å². The average molecular weight is 364 g/mol. The molecule has 1 saturated heterocycles. The molecule has 0 radical (unpaired) electrons. The summed E-state index contributed by atoms with van der Waals surface area (Å²) in [6.07, 6.45) is 6.80. The van der Waals surface area contributed by atoms with Gasteiger partial charge in [-0.1, -0.05) is 12.1 Å². The Labute approximate surface area is 156 Å². The monoisotopic (exact) mass is 364 g/mol. The Morgan fingerprint density at radius 3 is 2.77 bits per heavy atom. The summed E-state index contributed by atoms with van der Waals surface area (Å²) in [5.74, 6) is 1.84. The molecule has 1 aromatic carbocycles. The number of imidazole rings is 1. The Kier molecular flexibility index (Phi) is 3.94. The van der Waals surface area contributed by atoms with E-state index in [9.17, 15) is 4.79 Å². The Morgan fingerprint density at radius 1 is 1.15 bits per heavy atom. The minimum Gasteiger partial charge on any atom is -0.348 e. The maximum Gasteiger partial charge on any atom is 0.253 e. The maximum atomic E-state index is 12.4. The van der Waals surface area contributed by atoms with Crippen molar-refractivity contribution < 1.29 is 4.79 Å². The zero-order valence-electron chi connectivity index (χ0n) is 14.3. The second-order valence-corrected chi connectivity index (χ2v) is 8.30. The Morgan fingerprint density at radius 2 is 1.96 bits per heavy atom. The molecule has 3 heterocycles. The maximum absolute atomic E-state index is 12.4. The van der Waals surface area contributed by atoms with Crippen LogP contribution in [-0.4, -0.2) is 32.7 Å². The van der Waals surface area contributed by atoms with E-state index in [2.05, 4.69) is 38.9 Å². The molecule has 1 amide bonds. The number of benzene rings is 1. The van der Waals surface area contributed by atoms with Gasteiger partial charge in [-0.25, -0.2) is 9.29 Å². The van der Waals surface area contributed by atoms with Crippen molar-refractivity contribution in [3.05, 3.63) is 66.1 Å². The molecule has 2 aliphatic rings. The van der Waals surface area contributed by atoms with Gasteiger partial charge in [-0.2, -0.15) is 0 Å². The topological polar surface area (TPSA) is 49.6 Å². The first-order valence-corrected chi connectivity index (χ1v) is 9.75. The molecule has 2 aromatic heterocycles. The number of fused-ring (bicyclic) bond motifs is 2. The van der Waals surface area contributed by atoms with E-state index in [-0.39, 0.29) is 5.91 Å². The molecule has 0 bridgehead atoms. The normalized spacial score (nSPS) is 21.7. The minimum absolute atomic E-state index is 0.0738. The quantitative estimate of drug-likeness (QED) is 0.706. The van der Waals surface area contributed by atoms with Crippen molar-refractivity contribution >= 4 is 23.5 Å². The zero-order chi connectivity index (χ0) is 17.5. The molecular formula is C20H20N4OS. The minimum atomic E-state index is -0.0738. The van der Waals surface area contributed by atoms with Gasteiger partial charge in [0.15, 0.2) is 0 Å². The van der Waals surface area contributed by atoms with Gasteiger partial charge >= 0.3 is 0 Å². The van der Waals surface area contributed by atoms with Crippen molar-refractivity contribution in [1.29, 1.82) is 0 Å². The van der Waals surface area contributed by atoms with Crippen molar-refractivity contribution in [3.63, 3.8) is 0 Å². The first-order chi connectivity index (χ1) is 12.7. The number of carbonyl (C=O) groups excluding carboxylic acids is 1. The van der Waals surface area contributed by atoms with Crippen molar-refractivity contribution in [1.82, 2.24) is 19.0 Å². The Hall–Kier alpha value is -2.31. The van der Waals surface area contributed by atoms with Crippen molar-refractivity contribution in [3.8, 4) is 0 Å². The SMILES string of the molecule is O=C(NCc1ccc(SN2CC3CC3C2)cc1)c1ccc2nccn2c1. The second-order valence-electron chi connectivity index (χ2n) is 7.13. The number of piperidine rings is 1. The van der Waals surface area contributed by atoms with Crippen LogP contribution >= 0.6 is 11.9 Å². The lowest BCUT2D eigenvalue weighted by molar-refractivity contribution is 0.0950. The van der Waals surface area contributed by atoms with E-state index in [1.807, 2.05) is 28.6 Å². The third-order valence-corrected chi connectivity index (χ3v) is 6.25. The summed E-state index contributed by atoms with van der Waals surface area (Å²) in [5.41, 5.74) is 2.58. The number of rotatable bonds is 5. The van der Waals surface area contributed by atoms with Gasteiger partial charge in [-0.15, -0.1) is 0 Å². The number of amides is 1. The highest BCUT2D eigenvalue weighted by Crippen LogP contribution is 2.47. The van der Waals surface area contributed by atoms with Crippen LogP contribution in [0.15, 0.2) is 59.9 Å². The fraction of sp³-hybridized carbons (Fsp3) is 0.300. The predicted molar refractivity (Wildman–Crippen MR) is 102 cm³/mol. The fourth-order valence-corrected chi connectivity index (χ4v) is 4.67. The summed E-state index contributed by atoms with van der Waals surface area (Å²) >= 11 is 1.85. The van der Waals surface area contributed by atoms with E-state index in [4.69, 9.17) is 0 Å². The molecule has 6 heteroatoms. The molecule has 3 aromatic rings. The highest BCUT2D eigenvalue weighted by Gasteiger charge is 2.45. The molecular weight excluding hydrogens is 344 g/mol. The highest BCUT2D eigenvalue weighted by molar-refractivity contribution is 7.97. The molecule has 132 valence electrons. The molecule has 2 unspecified atom stereocenters. The molecule has 2 atom stereocenters. The highest BCUT2D eigenvalue weighted by atomic mass is 32.2. The number of pyridine rings is 1. The van der Waals surface area contributed by atoms with Gasteiger partial charge in [0.25, 0.3) is 5.91 Å². The smallest absolute Gasteiger partial charge is 0.253 e. The number of hydrogen-bond acceptors (Lipinski definition) is 4. The Balaban J connectivity index is 1.17. The molecule has 5 rings (SSSR count). The average Bonchev–Trinajstić information content (AvgIpc) is 3.07. The van der Waals surface area contributed by atoms with E-state index in [0.29, 0.717) is 12.1 Å². The van der Waals surface area contributed by atoms with E-state index in [1.54, 1.807) is 18.5 Å². The summed E-state index contributed by atoms with van der Waals surface area (Å²) < 4.78 is 4.32. The molecule has 26 heavy (non-hydrogen) atoms. The van der Waals surface area contributed by atoms with Crippen molar-refractivity contribution in [2.24, 2.45) is 11.8 Å². The van der Waals surface area contributed by atoms with Crippen LogP contribution in [0.3, 0.4) is 0 Å². The number of carbonyl (C=O) groups is 1. The van der Waals surface area contributed by atoms with E-state index in [0.717, 1.165) is 23.0 Å². The standard InChI is InChI=1S/C20H20N4OS/c25-20(15-3-6-19-21-7-8-23(19)11-15)22-10-14-1-4-18(5-2-14)26-24-12-16-9-17(16)13-24/h1-8,11,16-17H,9-10,12-13H2,(H,22,25). The van der Waals surface area contributed by atoms with Crippen LogP contribution in [0.5, 0.6) is 0 Å². The number of nitrogens with zero attached hydrogens (tertiary/aromatic N) is 3. The van der Waals surface area contributed by atoms with Gasteiger partial charge in [0.05, 0.1) is 5.56 Å². The van der Waals surface area contributed by atoms with Gasteiger partial charge in [0.1, 0.15) is 5.65 Å². The number of nitrogens with one attached hydrogen (secondary N) is 1. The van der Waals surface area contributed by atoms with Crippen LogP contribution < -0.4 is 5.32 Å². The lowest BCUT2D eigenvalue weighted by Crippen LogP contribution is -2.23. The fourth-order valence-electron chi connectivity index (χ4n) is 3.59. The summed E-state index contributed by atoms with van der Waals surface area (Å²) in [7, 11) is 0. The first-order valence-electron chi connectivity index (χ1n) is 8.97. The van der Waals surface area contributed by atoms with Crippen LogP contribution in [0.25, 0.3) is 5.65 Å². The second kappa shape index (κ2) is 6.45. The van der Waals surface area contributed by atoms with E-state index in [1.165, 1.54) is 24.4 Å². The van der Waals surface area contributed by atoms with Gasteiger partial charge in [0.2, 0.25) is 0 Å². The number of aromatic nitrogens is 2. The summed E-state index contributed by atoms with van der Waals surface area (Å²) in [6.45, 7) is 2.99. The van der Waals surface area contributed by atoms with E-state index < -0.39 is 0 Å². The first kappa shape index (κ1) is 15.9. The predicted octanol–water partition coefficient (Wildman–Crippen LogP) is 3.22. The van der Waals surface area contributed by atoms with Gasteiger partial charge in [0, 0.05) is 43.1 Å². The largest absolute Gasteiger partial charge is 0.348 e. The third-order valence-electron chi connectivity index (χ3n) is 5.21.